The number of rotatable bonds is 7. The Balaban J connectivity index is 2.45. The zero-order chi connectivity index (χ0) is 11.1. The monoisotopic (exact) mass is 212 g/mol. The molecule has 15 heavy (non-hydrogen) atoms. The Labute approximate surface area is 95.3 Å². The highest BCUT2D eigenvalue weighted by Gasteiger charge is 2.39. The van der Waals surface area contributed by atoms with E-state index in [9.17, 15) is 5.11 Å². The predicted octanol–water partition coefficient (Wildman–Crippen LogP) is 4.29. The van der Waals surface area contributed by atoms with Crippen molar-refractivity contribution in [1.29, 1.82) is 0 Å². The first-order valence-corrected chi connectivity index (χ1v) is 6.93. The molecule has 1 fully saturated rings. The van der Waals surface area contributed by atoms with Gasteiger partial charge >= 0.3 is 0 Å². The van der Waals surface area contributed by atoms with E-state index in [0.717, 1.165) is 12.8 Å². The second-order valence-corrected chi connectivity index (χ2v) is 5.33. The van der Waals surface area contributed by atoms with Gasteiger partial charge in [0.15, 0.2) is 0 Å². The Morgan fingerprint density at radius 2 is 1.73 bits per heavy atom. The van der Waals surface area contributed by atoms with Crippen LogP contribution in [0.15, 0.2) is 0 Å². The summed E-state index contributed by atoms with van der Waals surface area (Å²) in [7, 11) is 0. The summed E-state index contributed by atoms with van der Waals surface area (Å²) in [5.41, 5.74) is 0.311. The molecule has 90 valence electrons. The first kappa shape index (κ1) is 13.0. The highest BCUT2D eigenvalue weighted by Crippen LogP contribution is 2.46. The van der Waals surface area contributed by atoms with Crippen molar-refractivity contribution in [2.24, 2.45) is 5.41 Å². The molecule has 1 rings (SSSR count). The normalized spacial score (nSPS) is 21.8. The van der Waals surface area contributed by atoms with Crippen LogP contribution in [0.5, 0.6) is 0 Å². The SMILES string of the molecule is CCCCCC1(C(O)CCC)CCCC1. The van der Waals surface area contributed by atoms with E-state index in [4.69, 9.17) is 0 Å². The molecular weight excluding hydrogens is 184 g/mol. The zero-order valence-electron chi connectivity index (χ0n) is 10.6. The third-order valence-electron chi connectivity index (χ3n) is 4.15. The summed E-state index contributed by atoms with van der Waals surface area (Å²) in [6, 6.07) is 0. The maximum atomic E-state index is 10.3. The Kier molecular flexibility index (Phi) is 5.66. The molecule has 0 radical (unpaired) electrons. The fraction of sp³-hybridized carbons (Fsp3) is 1.00. The molecule has 0 bridgehead atoms. The standard InChI is InChI=1S/C14H28O/c1-3-5-6-10-14(11-7-8-12-14)13(15)9-4-2/h13,15H,3-12H2,1-2H3. The number of hydrogen-bond donors (Lipinski definition) is 1. The smallest absolute Gasteiger partial charge is 0.0596 e. The molecule has 0 aromatic rings. The molecule has 1 saturated carbocycles. The first-order chi connectivity index (χ1) is 7.25. The Morgan fingerprint density at radius 3 is 2.27 bits per heavy atom. The maximum absolute atomic E-state index is 10.3. The second-order valence-electron chi connectivity index (χ2n) is 5.33. The predicted molar refractivity (Wildman–Crippen MR) is 66.0 cm³/mol. The van der Waals surface area contributed by atoms with E-state index in [1.165, 1.54) is 51.4 Å². The van der Waals surface area contributed by atoms with Crippen molar-refractivity contribution < 1.29 is 5.11 Å². The summed E-state index contributed by atoms with van der Waals surface area (Å²) >= 11 is 0. The molecular formula is C14H28O. The minimum Gasteiger partial charge on any atom is -0.393 e. The van der Waals surface area contributed by atoms with Gasteiger partial charge in [0.1, 0.15) is 0 Å². The lowest BCUT2D eigenvalue weighted by Gasteiger charge is -2.34. The average Bonchev–Trinajstić information content (AvgIpc) is 2.69. The average molecular weight is 212 g/mol. The Morgan fingerprint density at radius 1 is 1.07 bits per heavy atom. The molecule has 1 heteroatoms. The van der Waals surface area contributed by atoms with E-state index in [1.54, 1.807) is 0 Å². The Hall–Kier alpha value is -0.0400. The zero-order valence-corrected chi connectivity index (χ0v) is 10.6. The number of hydrogen-bond acceptors (Lipinski definition) is 1. The quantitative estimate of drug-likeness (QED) is 0.624. The molecule has 1 unspecified atom stereocenters. The van der Waals surface area contributed by atoms with Crippen LogP contribution >= 0.6 is 0 Å². The van der Waals surface area contributed by atoms with Crippen molar-refractivity contribution in [3.05, 3.63) is 0 Å². The van der Waals surface area contributed by atoms with Gasteiger partial charge in [-0.25, -0.2) is 0 Å². The molecule has 0 amide bonds. The van der Waals surface area contributed by atoms with Crippen molar-refractivity contribution in [2.75, 3.05) is 0 Å². The fourth-order valence-corrected chi connectivity index (χ4v) is 3.14. The van der Waals surface area contributed by atoms with Crippen molar-refractivity contribution in [3.8, 4) is 0 Å². The molecule has 0 aromatic heterocycles. The van der Waals surface area contributed by atoms with Gasteiger partial charge in [-0.05, 0) is 31.1 Å². The molecule has 0 saturated heterocycles. The summed E-state index contributed by atoms with van der Waals surface area (Å²) in [6.45, 7) is 4.43. The van der Waals surface area contributed by atoms with Gasteiger partial charge < -0.3 is 5.11 Å². The highest BCUT2D eigenvalue weighted by molar-refractivity contribution is 4.90. The number of aliphatic hydroxyl groups excluding tert-OH is 1. The van der Waals surface area contributed by atoms with Crippen LogP contribution in [0.3, 0.4) is 0 Å². The summed E-state index contributed by atoms with van der Waals surface area (Å²) in [5.74, 6) is 0. The van der Waals surface area contributed by atoms with Crippen LogP contribution in [0.4, 0.5) is 0 Å². The van der Waals surface area contributed by atoms with Gasteiger partial charge in [0.25, 0.3) is 0 Å². The molecule has 1 nitrogen and oxygen atoms in total. The molecule has 1 aliphatic carbocycles. The molecule has 1 aliphatic rings. The van der Waals surface area contributed by atoms with E-state index in [2.05, 4.69) is 13.8 Å². The third kappa shape index (κ3) is 3.48. The van der Waals surface area contributed by atoms with Gasteiger partial charge in [0.05, 0.1) is 6.10 Å². The summed E-state index contributed by atoms with van der Waals surface area (Å²) in [4.78, 5) is 0. The van der Waals surface area contributed by atoms with E-state index in [1.807, 2.05) is 0 Å². The lowest BCUT2D eigenvalue weighted by molar-refractivity contribution is 0.0133. The van der Waals surface area contributed by atoms with Gasteiger partial charge in [-0.3, -0.25) is 0 Å². The topological polar surface area (TPSA) is 20.2 Å². The molecule has 0 aromatic carbocycles. The second kappa shape index (κ2) is 6.52. The van der Waals surface area contributed by atoms with Gasteiger partial charge in [0.2, 0.25) is 0 Å². The van der Waals surface area contributed by atoms with Gasteiger partial charge in [-0.1, -0.05) is 52.4 Å². The van der Waals surface area contributed by atoms with Gasteiger partial charge in [-0.15, -0.1) is 0 Å². The summed E-state index contributed by atoms with van der Waals surface area (Å²) < 4.78 is 0. The van der Waals surface area contributed by atoms with Crippen molar-refractivity contribution in [1.82, 2.24) is 0 Å². The molecule has 1 N–H and O–H groups in total. The lowest BCUT2D eigenvalue weighted by atomic mass is 9.74. The summed E-state index contributed by atoms with van der Waals surface area (Å²) in [6.07, 6.45) is 12.5. The largest absolute Gasteiger partial charge is 0.393 e. The molecule has 0 aliphatic heterocycles. The van der Waals surface area contributed by atoms with Crippen LogP contribution in [0.1, 0.15) is 78.1 Å². The van der Waals surface area contributed by atoms with Crippen molar-refractivity contribution >= 4 is 0 Å². The third-order valence-corrected chi connectivity index (χ3v) is 4.15. The van der Waals surface area contributed by atoms with Gasteiger partial charge in [-0.2, -0.15) is 0 Å². The molecule has 0 spiro atoms. The minimum atomic E-state index is -0.0261. The van der Waals surface area contributed by atoms with Crippen LogP contribution in [0.2, 0.25) is 0 Å². The molecule has 0 heterocycles. The minimum absolute atomic E-state index is 0.0261. The van der Waals surface area contributed by atoms with E-state index < -0.39 is 0 Å². The number of unbranched alkanes of at least 4 members (excludes halogenated alkanes) is 2. The van der Waals surface area contributed by atoms with Crippen LogP contribution in [0, 0.1) is 5.41 Å². The molecule has 1 atom stereocenters. The maximum Gasteiger partial charge on any atom is 0.0596 e. The lowest BCUT2D eigenvalue weighted by Crippen LogP contribution is -2.32. The van der Waals surface area contributed by atoms with E-state index in [0.29, 0.717) is 5.41 Å². The summed E-state index contributed by atoms with van der Waals surface area (Å²) in [5, 5.41) is 10.3. The van der Waals surface area contributed by atoms with Gasteiger partial charge in [0, 0.05) is 0 Å². The first-order valence-electron chi connectivity index (χ1n) is 6.93. The van der Waals surface area contributed by atoms with Crippen LogP contribution in [0.25, 0.3) is 0 Å². The Bertz CT molecular complexity index is 159. The number of aliphatic hydroxyl groups is 1. The van der Waals surface area contributed by atoms with Crippen LogP contribution in [-0.2, 0) is 0 Å². The highest BCUT2D eigenvalue weighted by atomic mass is 16.3. The van der Waals surface area contributed by atoms with E-state index in [-0.39, 0.29) is 6.10 Å². The van der Waals surface area contributed by atoms with Crippen molar-refractivity contribution in [3.63, 3.8) is 0 Å². The van der Waals surface area contributed by atoms with Crippen LogP contribution < -0.4 is 0 Å². The van der Waals surface area contributed by atoms with E-state index >= 15 is 0 Å². The fourth-order valence-electron chi connectivity index (χ4n) is 3.14. The van der Waals surface area contributed by atoms with Crippen molar-refractivity contribution in [2.45, 2.75) is 84.2 Å². The van der Waals surface area contributed by atoms with Crippen LogP contribution in [-0.4, -0.2) is 11.2 Å².